The van der Waals surface area contributed by atoms with Crippen molar-refractivity contribution in [2.75, 3.05) is 13.2 Å². The molecule has 3 aromatic rings. The van der Waals surface area contributed by atoms with Gasteiger partial charge in [0.05, 0.1) is 12.3 Å². The molecule has 8 nitrogen and oxygen atoms in total. The number of ether oxygens (including phenoxy) is 1. The number of nitrogens with one attached hydrogen (secondary N) is 1. The molecule has 1 heterocycles. The molecule has 0 saturated carbocycles. The molecule has 1 amide bonds. The molecule has 0 aliphatic heterocycles. The van der Waals surface area contributed by atoms with Crippen LogP contribution in [0.1, 0.15) is 27.3 Å². The molecule has 0 saturated heterocycles. The van der Waals surface area contributed by atoms with Crippen LogP contribution in [0.25, 0.3) is 5.69 Å². The average molecular weight is 524 g/mol. The van der Waals surface area contributed by atoms with Crippen LogP contribution in [0.5, 0.6) is 5.88 Å². The molecule has 2 aromatic carbocycles. The summed E-state index contributed by atoms with van der Waals surface area (Å²) in [6, 6.07) is 7.66. The summed E-state index contributed by atoms with van der Waals surface area (Å²) >= 11 is 3.14. The van der Waals surface area contributed by atoms with Crippen molar-refractivity contribution in [3.05, 3.63) is 85.4 Å². The highest BCUT2D eigenvalue weighted by Gasteiger charge is 2.20. The summed E-state index contributed by atoms with van der Waals surface area (Å²) in [5.41, 5.74) is 0.603. The molecule has 174 valence electrons. The van der Waals surface area contributed by atoms with Crippen molar-refractivity contribution in [2.45, 2.75) is 20.1 Å². The Morgan fingerprint density at radius 2 is 1.97 bits per heavy atom. The first-order valence-corrected chi connectivity index (χ1v) is 10.5. The number of rotatable bonds is 8. The SMILES string of the molecule is Cc1ccc(C(=O)NCCO)cc1-n1c(CO)nc(OCc2ccc(F)cc2F)c(Br)c1=O. The van der Waals surface area contributed by atoms with Gasteiger partial charge < -0.3 is 20.3 Å². The number of hydrogen-bond donors (Lipinski definition) is 3. The van der Waals surface area contributed by atoms with Gasteiger partial charge in [0, 0.05) is 23.7 Å². The van der Waals surface area contributed by atoms with Crippen LogP contribution >= 0.6 is 15.9 Å². The number of aliphatic hydroxyl groups excluding tert-OH is 2. The second kappa shape index (κ2) is 10.6. The molecular formula is C22H20BrF2N3O5. The van der Waals surface area contributed by atoms with E-state index in [0.717, 1.165) is 10.6 Å². The standard InChI is InChI=1S/C22H20BrF2N3O5/c1-12-2-3-13(20(31)26-6-7-29)8-17(12)28-18(10-30)27-21(19(23)22(28)32)33-11-14-4-5-15(24)9-16(14)25/h2-5,8-9,29-30H,6-7,10-11H2,1H3,(H,26,31). The summed E-state index contributed by atoms with van der Waals surface area (Å²) in [5, 5.41) is 21.3. The van der Waals surface area contributed by atoms with Crippen molar-refractivity contribution in [3.8, 4) is 11.6 Å². The predicted molar refractivity (Wildman–Crippen MR) is 118 cm³/mol. The van der Waals surface area contributed by atoms with E-state index in [2.05, 4.69) is 26.2 Å². The zero-order valence-corrected chi connectivity index (χ0v) is 19.0. The van der Waals surface area contributed by atoms with Gasteiger partial charge in [0.2, 0.25) is 5.88 Å². The number of aliphatic hydroxyl groups is 2. The topological polar surface area (TPSA) is 114 Å². The number of hydrogen-bond acceptors (Lipinski definition) is 6. The van der Waals surface area contributed by atoms with E-state index in [4.69, 9.17) is 9.84 Å². The van der Waals surface area contributed by atoms with Gasteiger partial charge in [-0.3, -0.25) is 14.2 Å². The summed E-state index contributed by atoms with van der Waals surface area (Å²) in [6.07, 6.45) is 0. The summed E-state index contributed by atoms with van der Waals surface area (Å²) in [5.74, 6) is -2.25. The first kappa shape index (κ1) is 24.5. The first-order chi connectivity index (χ1) is 15.8. The maximum absolute atomic E-state index is 13.9. The van der Waals surface area contributed by atoms with Crippen molar-refractivity contribution < 1.29 is 28.5 Å². The van der Waals surface area contributed by atoms with E-state index in [1.165, 1.54) is 12.1 Å². The van der Waals surface area contributed by atoms with Crippen LogP contribution < -0.4 is 15.6 Å². The van der Waals surface area contributed by atoms with E-state index in [-0.39, 0.29) is 47.1 Å². The lowest BCUT2D eigenvalue weighted by molar-refractivity contribution is 0.0944. The van der Waals surface area contributed by atoms with E-state index < -0.39 is 29.7 Å². The number of carbonyl (C=O) groups excluding carboxylic acids is 1. The average Bonchev–Trinajstić information content (AvgIpc) is 2.79. The molecule has 0 atom stereocenters. The van der Waals surface area contributed by atoms with Crippen LogP contribution in [0, 0.1) is 18.6 Å². The van der Waals surface area contributed by atoms with Gasteiger partial charge >= 0.3 is 0 Å². The molecular weight excluding hydrogens is 504 g/mol. The monoisotopic (exact) mass is 523 g/mol. The Hall–Kier alpha value is -3.15. The second-order valence-corrected chi connectivity index (χ2v) is 7.74. The Kier molecular flexibility index (Phi) is 7.90. The number of aryl methyl sites for hydroxylation is 1. The normalized spacial score (nSPS) is 10.8. The van der Waals surface area contributed by atoms with Crippen molar-refractivity contribution in [3.63, 3.8) is 0 Å². The number of benzene rings is 2. The van der Waals surface area contributed by atoms with E-state index in [0.29, 0.717) is 17.3 Å². The third-order valence-electron chi connectivity index (χ3n) is 4.70. The van der Waals surface area contributed by atoms with Gasteiger partial charge in [-0.1, -0.05) is 6.07 Å². The van der Waals surface area contributed by atoms with Crippen molar-refractivity contribution in [1.82, 2.24) is 14.9 Å². The first-order valence-electron chi connectivity index (χ1n) is 9.76. The highest BCUT2D eigenvalue weighted by atomic mass is 79.9. The molecule has 3 N–H and O–H groups in total. The number of aromatic nitrogens is 2. The summed E-state index contributed by atoms with van der Waals surface area (Å²) in [6.45, 7) is 0.597. The van der Waals surface area contributed by atoms with Gasteiger partial charge in [-0.2, -0.15) is 4.98 Å². The predicted octanol–water partition coefficient (Wildman–Crippen LogP) is 2.38. The van der Waals surface area contributed by atoms with Crippen LogP contribution in [0.15, 0.2) is 45.7 Å². The zero-order chi connectivity index (χ0) is 24.1. The number of amides is 1. The third-order valence-corrected chi connectivity index (χ3v) is 5.38. The van der Waals surface area contributed by atoms with E-state index >= 15 is 0 Å². The van der Waals surface area contributed by atoms with E-state index in [9.17, 15) is 23.5 Å². The number of nitrogens with zero attached hydrogens (tertiary/aromatic N) is 2. The fraction of sp³-hybridized carbons (Fsp3) is 0.227. The Balaban J connectivity index is 2.00. The maximum atomic E-state index is 13.9. The van der Waals surface area contributed by atoms with Crippen LogP contribution in [0.2, 0.25) is 0 Å². The smallest absolute Gasteiger partial charge is 0.276 e. The molecule has 0 fully saturated rings. The van der Waals surface area contributed by atoms with Crippen LogP contribution in [0.4, 0.5) is 8.78 Å². The second-order valence-electron chi connectivity index (χ2n) is 6.95. The van der Waals surface area contributed by atoms with Gasteiger partial charge in [0.1, 0.15) is 35.1 Å². The highest BCUT2D eigenvalue weighted by molar-refractivity contribution is 9.10. The Bertz CT molecular complexity index is 1250. The summed E-state index contributed by atoms with van der Waals surface area (Å²) < 4.78 is 33.5. The van der Waals surface area contributed by atoms with Gasteiger partial charge in [-0.05, 0) is 52.7 Å². The lowest BCUT2D eigenvalue weighted by Crippen LogP contribution is -2.28. The third kappa shape index (κ3) is 5.44. The van der Waals surface area contributed by atoms with Crippen molar-refractivity contribution in [2.24, 2.45) is 0 Å². The molecule has 0 radical (unpaired) electrons. The van der Waals surface area contributed by atoms with Gasteiger partial charge in [-0.25, -0.2) is 8.78 Å². The van der Waals surface area contributed by atoms with Crippen LogP contribution in [-0.4, -0.2) is 38.8 Å². The molecule has 1 aromatic heterocycles. The minimum Gasteiger partial charge on any atom is -0.472 e. The minimum atomic E-state index is -0.811. The van der Waals surface area contributed by atoms with Crippen LogP contribution in [-0.2, 0) is 13.2 Å². The zero-order valence-electron chi connectivity index (χ0n) is 17.4. The fourth-order valence-corrected chi connectivity index (χ4v) is 3.40. The van der Waals surface area contributed by atoms with Crippen molar-refractivity contribution >= 4 is 21.8 Å². The molecule has 33 heavy (non-hydrogen) atoms. The number of halogens is 3. The van der Waals surface area contributed by atoms with Gasteiger partial charge in [-0.15, -0.1) is 0 Å². The van der Waals surface area contributed by atoms with Crippen molar-refractivity contribution in [1.29, 1.82) is 0 Å². The quantitative estimate of drug-likeness (QED) is 0.417. The molecule has 0 unspecified atom stereocenters. The van der Waals surface area contributed by atoms with Crippen LogP contribution in [0.3, 0.4) is 0 Å². The summed E-state index contributed by atoms with van der Waals surface area (Å²) in [4.78, 5) is 29.6. The lowest BCUT2D eigenvalue weighted by atomic mass is 10.1. The Morgan fingerprint density at radius 3 is 2.64 bits per heavy atom. The summed E-state index contributed by atoms with van der Waals surface area (Å²) in [7, 11) is 0. The van der Waals surface area contributed by atoms with Gasteiger partial charge in [0.15, 0.2) is 0 Å². The maximum Gasteiger partial charge on any atom is 0.276 e. The molecule has 0 bridgehead atoms. The molecule has 0 spiro atoms. The fourth-order valence-electron chi connectivity index (χ4n) is 3.02. The largest absolute Gasteiger partial charge is 0.472 e. The Morgan fingerprint density at radius 1 is 1.21 bits per heavy atom. The highest BCUT2D eigenvalue weighted by Crippen LogP contribution is 2.24. The molecule has 0 aliphatic carbocycles. The lowest BCUT2D eigenvalue weighted by Gasteiger charge is -2.17. The molecule has 11 heteroatoms. The van der Waals surface area contributed by atoms with E-state index in [1.807, 2.05) is 0 Å². The van der Waals surface area contributed by atoms with Gasteiger partial charge in [0.25, 0.3) is 11.5 Å². The molecule has 0 aliphatic rings. The number of carbonyl (C=O) groups is 1. The molecule has 3 rings (SSSR count). The minimum absolute atomic E-state index is 0.0530. The van der Waals surface area contributed by atoms with E-state index in [1.54, 1.807) is 19.1 Å². The Labute approximate surface area is 195 Å².